The molecule has 0 radical (unpaired) electrons. The number of nitrogens with one attached hydrogen (secondary N) is 1. The molecule has 2 heteroatoms. The predicted molar refractivity (Wildman–Crippen MR) is 101 cm³/mol. The van der Waals surface area contributed by atoms with Gasteiger partial charge in [0.25, 0.3) is 0 Å². The number of unbranched alkanes of at least 4 members (excludes halogenated alkanes) is 1. The fourth-order valence-electron chi connectivity index (χ4n) is 3.86. The lowest BCUT2D eigenvalue weighted by atomic mass is 10.00. The second-order valence-electron chi connectivity index (χ2n) is 7.01. The Labute approximate surface area is 144 Å². The summed E-state index contributed by atoms with van der Waals surface area (Å²) in [7, 11) is 0. The van der Waals surface area contributed by atoms with Crippen LogP contribution >= 0.6 is 0 Å². The molecule has 0 atom stereocenters. The molecule has 2 heterocycles. The minimum absolute atomic E-state index is 1.03. The van der Waals surface area contributed by atoms with Gasteiger partial charge >= 0.3 is 0 Å². The van der Waals surface area contributed by atoms with Crippen molar-refractivity contribution < 1.29 is 0 Å². The summed E-state index contributed by atoms with van der Waals surface area (Å²) in [6, 6.07) is 17.8. The number of H-pyrrole nitrogens is 1. The lowest BCUT2D eigenvalue weighted by Crippen LogP contribution is -2.29. The lowest BCUT2D eigenvalue weighted by molar-refractivity contribution is 0.243. The van der Waals surface area contributed by atoms with E-state index in [0.717, 1.165) is 26.1 Å². The van der Waals surface area contributed by atoms with Gasteiger partial charge < -0.3 is 4.98 Å². The minimum Gasteiger partial charge on any atom is -0.357 e. The second kappa shape index (κ2) is 6.82. The van der Waals surface area contributed by atoms with E-state index in [1.807, 2.05) is 0 Å². The summed E-state index contributed by atoms with van der Waals surface area (Å²) in [6.07, 6.45) is 4.90. The topological polar surface area (TPSA) is 19.0 Å². The van der Waals surface area contributed by atoms with E-state index in [0.29, 0.717) is 0 Å². The summed E-state index contributed by atoms with van der Waals surface area (Å²) >= 11 is 0. The average Bonchev–Trinajstić information content (AvgIpc) is 2.98. The maximum absolute atomic E-state index is 3.67. The second-order valence-corrected chi connectivity index (χ2v) is 7.01. The van der Waals surface area contributed by atoms with E-state index in [1.165, 1.54) is 47.0 Å². The third-order valence-corrected chi connectivity index (χ3v) is 5.19. The highest BCUT2D eigenvalue weighted by atomic mass is 15.1. The molecule has 0 fully saturated rings. The van der Waals surface area contributed by atoms with Gasteiger partial charge in [-0.3, -0.25) is 4.90 Å². The van der Waals surface area contributed by atoms with Crippen LogP contribution < -0.4 is 0 Å². The van der Waals surface area contributed by atoms with Crippen LogP contribution in [-0.4, -0.2) is 16.4 Å². The lowest BCUT2D eigenvalue weighted by Gasteiger charge is -2.27. The van der Waals surface area contributed by atoms with Crippen molar-refractivity contribution in [1.82, 2.24) is 9.88 Å². The molecule has 0 saturated heterocycles. The van der Waals surface area contributed by atoms with Crippen molar-refractivity contribution in [3.05, 3.63) is 70.9 Å². The van der Waals surface area contributed by atoms with Gasteiger partial charge in [0.2, 0.25) is 0 Å². The van der Waals surface area contributed by atoms with Gasteiger partial charge in [-0.05, 0) is 48.1 Å². The average molecular weight is 318 g/mol. The van der Waals surface area contributed by atoms with Gasteiger partial charge in [-0.1, -0.05) is 49.7 Å². The molecule has 1 N–H and O–H groups in total. The van der Waals surface area contributed by atoms with Gasteiger partial charge in [0.1, 0.15) is 0 Å². The molecule has 0 unspecified atom stereocenters. The van der Waals surface area contributed by atoms with Crippen LogP contribution in [0, 0.1) is 0 Å². The fourth-order valence-corrected chi connectivity index (χ4v) is 3.86. The van der Waals surface area contributed by atoms with Crippen molar-refractivity contribution >= 4 is 10.9 Å². The van der Waals surface area contributed by atoms with Crippen LogP contribution in [0.15, 0.2) is 48.5 Å². The number of aryl methyl sites for hydroxylation is 1. The smallest absolute Gasteiger partial charge is 0.0459 e. The van der Waals surface area contributed by atoms with Gasteiger partial charge in [0.15, 0.2) is 0 Å². The first kappa shape index (κ1) is 15.5. The van der Waals surface area contributed by atoms with Crippen molar-refractivity contribution in [2.75, 3.05) is 6.54 Å². The van der Waals surface area contributed by atoms with Gasteiger partial charge in [0.05, 0.1) is 0 Å². The molecule has 0 saturated carbocycles. The van der Waals surface area contributed by atoms with Crippen molar-refractivity contribution in [1.29, 1.82) is 0 Å². The van der Waals surface area contributed by atoms with Gasteiger partial charge in [-0.25, -0.2) is 0 Å². The Morgan fingerprint density at radius 2 is 1.92 bits per heavy atom. The molecule has 24 heavy (non-hydrogen) atoms. The molecule has 2 nitrogen and oxygen atoms in total. The largest absolute Gasteiger partial charge is 0.357 e. The van der Waals surface area contributed by atoms with Gasteiger partial charge in [-0.15, -0.1) is 0 Å². The highest BCUT2D eigenvalue weighted by Gasteiger charge is 2.20. The molecule has 0 amide bonds. The summed E-state index contributed by atoms with van der Waals surface area (Å²) in [6.45, 7) is 5.48. The number of hydrogen-bond acceptors (Lipinski definition) is 1. The first-order chi connectivity index (χ1) is 11.8. The number of fused-ring (bicyclic) bond motifs is 3. The first-order valence-electron chi connectivity index (χ1n) is 9.22. The zero-order chi connectivity index (χ0) is 16.4. The summed E-state index contributed by atoms with van der Waals surface area (Å²) in [4.78, 5) is 6.22. The van der Waals surface area contributed by atoms with E-state index in [2.05, 4.69) is 65.3 Å². The van der Waals surface area contributed by atoms with Crippen LogP contribution in [0.4, 0.5) is 0 Å². The summed E-state index contributed by atoms with van der Waals surface area (Å²) in [5.41, 5.74) is 7.16. The molecule has 3 aromatic rings. The maximum atomic E-state index is 3.67. The molecule has 1 aromatic heterocycles. The van der Waals surface area contributed by atoms with Crippen LogP contribution in [0.1, 0.15) is 42.1 Å². The Hall–Kier alpha value is -2.06. The Kier molecular flexibility index (Phi) is 4.40. The minimum atomic E-state index is 1.03. The van der Waals surface area contributed by atoms with E-state index in [4.69, 9.17) is 0 Å². The third-order valence-electron chi connectivity index (χ3n) is 5.19. The molecular weight excluding hydrogens is 292 g/mol. The Morgan fingerprint density at radius 1 is 1.04 bits per heavy atom. The SMILES string of the molecule is CCCCc1ccc2[nH]c3c(c2c1)CCN(Cc1ccccc1)C3. The standard InChI is InChI=1S/C22H26N2/c1-2-3-7-17-10-11-21-20(14-17)19-12-13-24(16-22(19)23-21)15-18-8-5-4-6-9-18/h4-6,8-11,14,23H,2-3,7,12-13,15-16H2,1H3. The molecular formula is C22H26N2. The van der Waals surface area contributed by atoms with E-state index >= 15 is 0 Å². The number of hydrogen-bond donors (Lipinski definition) is 1. The van der Waals surface area contributed by atoms with Crippen LogP contribution in [0.5, 0.6) is 0 Å². The van der Waals surface area contributed by atoms with Gasteiger partial charge in [0, 0.05) is 36.2 Å². The number of nitrogens with zero attached hydrogens (tertiary/aromatic N) is 1. The number of aromatic amines is 1. The van der Waals surface area contributed by atoms with Gasteiger partial charge in [-0.2, -0.15) is 0 Å². The molecule has 1 aliphatic heterocycles. The molecule has 2 aromatic carbocycles. The molecule has 124 valence electrons. The van der Waals surface area contributed by atoms with Crippen LogP contribution in [0.2, 0.25) is 0 Å². The maximum Gasteiger partial charge on any atom is 0.0459 e. The zero-order valence-corrected chi connectivity index (χ0v) is 14.5. The molecule has 1 aliphatic rings. The van der Waals surface area contributed by atoms with E-state index in [-0.39, 0.29) is 0 Å². The highest BCUT2D eigenvalue weighted by molar-refractivity contribution is 5.85. The quantitative estimate of drug-likeness (QED) is 0.696. The number of rotatable bonds is 5. The summed E-state index contributed by atoms with van der Waals surface area (Å²) in [5.74, 6) is 0. The van der Waals surface area contributed by atoms with Crippen molar-refractivity contribution in [2.24, 2.45) is 0 Å². The van der Waals surface area contributed by atoms with Crippen LogP contribution in [-0.2, 0) is 25.9 Å². The fraction of sp³-hybridized carbons (Fsp3) is 0.364. The molecule has 0 aliphatic carbocycles. The molecule has 0 spiro atoms. The highest BCUT2D eigenvalue weighted by Crippen LogP contribution is 2.29. The third kappa shape index (κ3) is 3.11. The molecule has 4 rings (SSSR count). The number of benzene rings is 2. The Bertz CT molecular complexity index is 817. The zero-order valence-electron chi connectivity index (χ0n) is 14.5. The van der Waals surface area contributed by atoms with Crippen molar-refractivity contribution in [3.63, 3.8) is 0 Å². The van der Waals surface area contributed by atoms with E-state index in [9.17, 15) is 0 Å². The first-order valence-corrected chi connectivity index (χ1v) is 9.22. The Morgan fingerprint density at radius 3 is 2.75 bits per heavy atom. The predicted octanol–water partition coefficient (Wildman–Crippen LogP) is 5.07. The van der Waals surface area contributed by atoms with Crippen molar-refractivity contribution in [2.45, 2.75) is 45.7 Å². The summed E-state index contributed by atoms with van der Waals surface area (Å²) in [5, 5.41) is 1.46. The molecule has 0 bridgehead atoms. The van der Waals surface area contributed by atoms with Crippen molar-refractivity contribution in [3.8, 4) is 0 Å². The van der Waals surface area contributed by atoms with Crippen LogP contribution in [0.25, 0.3) is 10.9 Å². The Balaban J connectivity index is 1.55. The summed E-state index contributed by atoms with van der Waals surface area (Å²) < 4.78 is 0. The normalized spacial score (nSPS) is 14.9. The van der Waals surface area contributed by atoms with Crippen LogP contribution in [0.3, 0.4) is 0 Å². The number of aromatic nitrogens is 1. The van der Waals surface area contributed by atoms with E-state index < -0.39 is 0 Å². The monoisotopic (exact) mass is 318 g/mol. The van der Waals surface area contributed by atoms with E-state index in [1.54, 1.807) is 5.56 Å².